The summed E-state index contributed by atoms with van der Waals surface area (Å²) in [6.45, 7) is 3.91. The first-order chi connectivity index (χ1) is 8.27. The number of hydrogen-bond donors (Lipinski definition) is 0. The Morgan fingerprint density at radius 2 is 1.29 bits per heavy atom. The molecule has 2 rings (SSSR count). The van der Waals surface area contributed by atoms with Gasteiger partial charge in [-0.2, -0.15) is 0 Å². The monoisotopic (exact) mass is 224 g/mol. The average molecular weight is 224 g/mol. The summed E-state index contributed by atoms with van der Waals surface area (Å²) in [7, 11) is 0. The lowest BCUT2D eigenvalue weighted by Gasteiger charge is -2.19. The van der Waals surface area contributed by atoms with E-state index in [0.717, 1.165) is 23.5 Å². The lowest BCUT2D eigenvalue weighted by molar-refractivity contribution is 1.00. The average Bonchev–Trinajstić information content (AvgIpc) is 2.40. The molecule has 0 aliphatic rings. The molecule has 2 heterocycles. The third-order valence-electron chi connectivity index (χ3n) is 2.41. The van der Waals surface area contributed by atoms with E-state index in [4.69, 9.17) is 0 Å². The molecule has 0 fully saturated rings. The van der Waals surface area contributed by atoms with Gasteiger partial charge in [-0.1, -0.05) is 0 Å². The fourth-order valence-corrected chi connectivity index (χ4v) is 1.52. The highest BCUT2D eigenvalue weighted by Gasteiger charge is 2.14. The van der Waals surface area contributed by atoms with Crippen molar-refractivity contribution < 1.29 is 0 Å². The Balaban J connectivity index is 2.02. The Labute approximate surface area is 102 Å². The van der Waals surface area contributed by atoms with E-state index in [2.05, 4.69) is 15.3 Å². The summed E-state index contributed by atoms with van der Waals surface area (Å²) >= 11 is 0. The highest BCUT2D eigenvalue weighted by atomic mass is 15.0. The van der Waals surface area contributed by atoms with Crippen LogP contribution in [0.15, 0.2) is 48.8 Å². The second-order valence-electron chi connectivity index (χ2n) is 3.71. The zero-order valence-corrected chi connectivity index (χ0v) is 9.96. The molecule has 3 nitrogen and oxygen atoms in total. The molecule has 0 aliphatic carbocycles. The molecule has 0 bridgehead atoms. The van der Waals surface area contributed by atoms with Gasteiger partial charge in [0, 0.05) is 50.5 Å². The van der Waals surface area contributed by atoms with Crippen LogP contribution in [0.5, 0.6) is 0 Å². The van der Waals surface area contributed by atoms with Gasteiger partial charge in [0.1, 0.15) is 0 Å². The highest BCUT2D eigenvalue weighted by Crippen LogP contribution is 2.28. The normalized spacial score (nSPS) is 10.0. The summed E-state index contributed by atoms with van der Waals surface area (Å²) in [5.41, 5.74) is 1.78. The molecule has 0 amide bonds. The van der Waals surface area contributed by atoms with Crippen molar-refractivity contribution in [1.29, 1.82) is 0 Å². The van der Waals surface area contributed by atoms with Crippen LogP contribution in [0, 0.1) is 12.1 Å². The molecule has 0 N–H and O–H groups in total. The summed E-state index contributed by atoms with van der Waals surface area (Å²) in [6.07, 6.45) is 3.54. The van der Waals surface area contributed by atoms with Crippen LogP contribution in [0.2, 0.25) is 0 Å². The fraction of sp³-hybridized carbons (Fsp3) is 0.143. The highest BCUT2D eigenvalue weighted by molar-refractivity contribution is 5.40. The van der Waals surface area contributed by atoms with E-state index in [-0.39, 0.29) is 0 Å². The Kier molecular flexibility index (Phi) is 3.62. The van der Waals surface area contributed by atoms with E-state index in [9.17, 15) is 0 Å². The van der Waals surface area contributed by atoms with Gasteiger partial charge in [0.05, 0.1) is 12.1 Å². The molecule has 84 valence electrons. The van der Waals surface area contributed by atoms with Gasteiger partial charge in [-0.15, -0.1) is 0 Å². The summed E-state index contributed by atoms with van der Waals surface area (Å²) in [4.78, 5) is 8.52. The van der Waals surface area contributed by atoms with E-state index < -0.39 is 0 Å². The zero-order valence-electron chi connectivity index (χ0n) is 9.96. The number of aromatic nitrogens is 2. The van der Waals surface area contributed by atoms with E-state index in [0.29, 0.717) is 0 Å². The number of hydrogen-bond acceptors (Lipinski definition) is 2. The van der Waals surface area contributed by atoms with E-state index >= 15 is 0 Å². The predicted octanol–water partition coefficient (Wildman–Crippen LogP) is 3.35. The minimum atomic E-state index is 0.891. The molecule has 0 saturated heterocycles. The summed E-state index contributed by atoms with van der Waals surface area (Å²) in [6, 6.07) is 13.4. The summed E-state index contributed by atoms with van der Waals surface area (Å²) in [5, 5.41) is 4.53. The maximum atomic E-state index is 4.53. The van der Waals surface area contributed by atoms with Crippen molar-refractivity contribution in [2.24, 2.45) is 0 Å². The fourth-order valence-electron chi connectivity index (χ4n) is 1.52. The van der Waals surface area contributed by atoms with Crippen LogP contribution in [-0.4, -0.2) is 9.97 Å². The van der Waals surface area contributed by atoms with Crippen LogP contribution >= 0.6 is 0 Å². The van der Waals surface area contributed by atoms with Gasteiger partial charge in [0.2, 0.25) is 11.4 Å². The minimum absolute atomic E-state index is 0.891. The molecular weight excluding hydrogens is 210 g/mol. The Morgan fingerprint density at radius 1 is 0.824 bits per heavy atom. The molecule has 0 spiro atoms. The Bertz CT molecular complexity index is 398. The SMILES string of the molecule is C[C+]([N-][C+](C)c1ccccn1)c1ccccn1. The lowest BCUT2D eigenvalue weighted by atomic mass is 10.1. The second kappa shape index (κ2) is 5.37. The van der Waals surface area contributed by atoms with E-state index in [1.807, 2.05) is 50.2 Å². The molecule has 0 aromatic carbocycles. The Morgan fingerprint density at radius 3 is 1.65 bits per heavy atom. The number of rotatable bonds is 4. The standard InChI is InChI=1S/C14H14N3/c1-11(13-7-3-5-9-15-13)17-12(2)14-8-4-6-10-16-14/h3-10H,1-2H3/q+1. The Hall–Kier alpha value is -2.00. The van der Waals surface area contributed by atoms with Gasteiger partial charge in [-0.3, -0.25) is 0 Å². The molecule has 2 aromatic rings. The second-order valence-corrected chi connectivity index (χ2v) is 3.71. The quantitative estimate of drug-likeness (QED) is 0.747. The van der Waals surface area contributed by atoms with Crippen LogP contribution in [0.3, 0.4) is 0 Å². The molecular formula is C14H14N3+. The van der Waals surface area contributed by atoms with Crippen molar-refractivity contribution in [2.75, 3.05) is 0 Å². The minimum Gasteiger partial charge on any atom is -0.422 e. The summed E-state index contributed by atoms with van der Waals surface area (Å²) in [5.74, 6) is 0. The largest absolute Gasteiger partial charge is 0.422 e. The van der Waals surface area contributed by atoms with Gasteiger partial charge in [-0.25, -0.2) is 9.97 Å². The van der Waals surface area contributed by atoms with Crippen LogP contribution in [0.25, 0.3) is 5.32 Å². The van der Waals surface area contributed by atoms with Crippen molar-refractivity contribution in [3.05, 3.63) is 77.6 Å². The van der Waals surface area contributed by atoms with Gasteiger partial charge in [0.15, 0.2) is 0 Å². The molecule has 0 atom stereocenters. The third-order valence-corrected chi connectivity index (χ3v) is 2.41. The number of nitrogens with zero attached hydrogens (tertiary/aromatic N) is 3. The van der Waals surface area contributed by atoms with Crippen molar-refractivity contribution in [3.63, 3.8) is 0 Å². The van der Waals surface area contributed by atoms with Crippen molar-refractivity contribution in [2.45, 2.75) is 13.8 Å². The lowest BCUT2D eigenvalue weighted by Crippen LogP contribution is -2.03. The van der Waals surface area contributed by atoms with Crippen LogP contribution in [-0.2, 0) is 0 Å². The maximum absolute atomic E-state index is 4.53. The van der Waals surface area contributed by atoms with Crippen molar-refractivity contribution >= 4 is 0 Å². The number of pyridine rings is 2. The van der Waals surface area contributed by atoms with Gasteiger partial charge in [0.25, 0.3) is 0 Å². The van der Waals surface area contributed by atoms with Crippen LogP contribution in [0.1, 0.15) is 25.2 Å². The third kappa shape index (κ3) is 2.98. The molecule has 0 aliphatic heterocycles. The first-order valence-electron chi connectivity index (χ1n) is 5.49. The first kappa shape index (κ1) is 11.5. The molecule has 17 heavy (non-hydrogen) atoms. The summed E-state index contributed by atoms with van der Waals surface area (Å²) < 4.78 is 0. The van der Waals surface area contributed by atoms with Gasteiger partial charge in [-0.05, 0) is 12.1 Å². The van der Waals surface area contributed by atoms with E-state index in [1.54, 1.807) is 12.4 Å². The smallest absolute Gasteiger partial charge is 0.206 e. The molecule has 3 heteroatoms. The molecule has 0 saturated carbocycles. The molecule has 2 aromatic heterocycles. The van der Waals surface area contributed by atoms with Crippen molar-refractivity contribution in [1.82, 2.24) is 9.97 Å². The van der Waals surface area contributed by atoms with E-state index in [1.165, 1.54) is 0 Å². The van der Waals surface area contributed by atoms with Gasteiger partial charge >= 0.3 is 0 Å². The predicted molar refractivity (Wildman–Crippen MR) is 67.9 cm³/mol. The van der Waals surface area contributed by atoms with Crippen LogP contribution < -0.4 is 0 Å². The molecule has 0 unspecified atom stereocenters. The zero-order chi connectivity index (χ0) is 12.1. The first-order valence-corrected chi connectivity index (χ1v) is 5.49. The topological polar surface area (TPSA) is 39.9 Å². The van der Waals surface area contributed by atoms with Crippen molar-refractivity contribution in [3.8, 4) is 0 Å². The molecule has 0 radical (unpaired) electrons. The van der Waals surface area contributed by atoms with Gasteiger partial charge < -0.3 is 5.32 Å². The maximum Gasteiger partial charge on any atom is 0.206 e. The van der Waals surface area contributed by atoms with Crippen LogP contribution in [0.4, 0.5) is 0 Å².